The van der Waals surface area contributed by atoms with Gasteiger partial charge in [-0.15, -0.1) is 0 Å². The van der Waals surface area contributed by atoms with Gasteiger partial charge < -0.3 is 4.55 Å². The van der Waals surface area contributed by atoms with Crippen molar-refractivity contribution in [3.8, 4) is 0 Å². The third-order valence-electron chi connectivity index (χ3n) is 4.20. The highest BCUT2D eigenvalue weighted by Gasteiger charge is 2.95. The number of halogens is 17. The van der Waals surface area contributed by atoms with E-state index in [-0.39, 0.29) is 0 Å². The summed E-state index contributed by atoms with van der Waals surface area (Å²) in [4.78, 5) is 0. The highest BCUT2D eigenvalue weighted by molar-refractivity contribution is 7.86. The zero-order valence-corrected chi connectivity index (χ0v) is 18.2. The first kappa shape index (κ1) is 34.9. The van der Waals surface area contributed by atoms with Crippen LogP contribution in [0.25, 0.3) is 0 Å². The molecule has 220 valence electrons. The Morgan fingerprint density at radius 3 is 1.22 bits per heavy atom. The van der Waals surface area contributed by atoms with Crippen LogP contribution >= 0.6 is 0 Å². The predicted octanol–water partition coefficient (Wildman–Crippen LogP) is 4.83. The van der Waals surface area contributed by atoms with Gasteiger partial charge in [-0.25, -0.2) is 17.6 Å². The lowest BCUT2D eigenvalue weighted by Crippen LogP contribution is -2.75. The Morgan fingerprint density at radius 1 is 0.676 bits per heavy atom. The molecule has 0 unspecified atom stereocenters. The molecule has 0 saturated heterocycles. The molecule has 0 fully saturated rings. The average molecular weight is 610 g/mol. The van der Waals surface area contributed by atoms with Gasteiger partial charge in [-0.2, -0.15) is 74.6 Å². The van der Waals surface area contributed by atoms with Crippen LogP contribution in [0.1, 0.15) is 6.92 Å². The molecule has 1 rings (SSSR count). The molecule has 1 aromatic heterocycles. The molecule has 0 aliphatic rings. The summed E-state index contributed by atoms with van der Waals surface area (Å²) >= 11 is 0. The van der Waals surface area contributed by atoms with E-state index in [9.17, 15) is 87.6 Å². The molecule has 0 aliphatic heterocycles. The Bertz CT molecular complexity index is 1050. The van der Waals surface area contributed by atoms with E-state index in [1.165, 1.54) is 0 Å². The van der Waals surface area contributed by atoms with Gasteiger partial charge in [0.1, 0.15) is 12.4 Å². The number of hydrogen-bond acceptors (Lipinski definition) is 3. The number of hydrogen-bond donors (Lipinski definition) is 0. The lowest BCUT2D eigenvalue weighted by atomic mass is 9.91. The zero-order chi connectivity index (χ0) is 30.5. The maximum Gasteiger partial charge on any atom is 0.460 e. The summed E-state index contributed by atoms with van der Waals surface area (Å²) in [6.07, 6.45) is -1.75. The quantitative estimate of drug-likeness (QED) is 0.241. The summed E-state index contributed by atoms with van der Waals surface area (Å²) < 4.78 is 248. The molecular formula is C14H11F17N2O3S. The van der Waals surface area contributed by atoms with E-state index in [4.69, 9.17) is 0 Å². The molecule has 1 aromatic rings. The number of aromatic nitrogens is 2. The maximum absolute atomic E-state index is 13.0. The molecule has 0 aromatic carbocycles. The SMILES string of the molecule is CC[n+]1ccn(C)c1.O=S(=O)([O-])C(F)(F)C(F)(F)C(F)(F)C(F)(F)C(F)(F)C(F)(F)C(F)(F)C(F)(F)F. The van der Waals surface area contributed by atoms with Crippen molar-refractivity contribution in [3.63, 3.8) is 0 Å². The molecule has 0 N–H and O–H groups in total. The fourth-order valence-electron chi connectivity index (χ4n) is 2.00. The van der Waals surface area contributed by atoms with Crippen LogP contribution in [0.4, 0.5) is 74.6 Å². The van der Waals surface area contributed by atoms with E-state index in [0.717, 1.165) is 6.54 Å². The maximum atomic E-state index is 13.0. The van der Waals surface area contributed by atoms with Crippen LogP contribution in [0.15, 0.2) is 18.7 Å². The summed E-state index contributed by atoms with van der Waals surface area (Å²) in [5, 5.41) is -7.95. The van der Waals surface area contributed by atoms with Gasteiger partial charge in [-0.1, -0.05) is 0 Å². The van der Waals surface area contributed by atoms with Gasteiger partial charge in [0.05, 0.1) is 13.6 Å². The molecule has 23 heteroatoms. The van der Waals surface area contributed by atoms with Gasteiger partial charge in [0.2, 0.25) is 6.33 Å². The van der Waals surface area contributed by atoms with Gasteiger partial charge in [0, 0.05) is 0 Å². The Morgan fingerprint density at radius 2 is 1.00 bits per heavy atom. The average Bonchev–Trinajstić information content (AvgIpc) is 3.11. The first-order chi connectivity index (χ1) is 15.8. The highest BCUT2D eigenvalue weighted by Crippen LogP contribution is 2.64. The van der Waals surface area contributed by atoms with Crippen molar-refractivity contribution >= 4 is 10.1 Å². The van der Waals surface area contributed by atoms with Crippen molar-refractivity contribution in [1.82, 2.24) is 4.57 Å². The molecule has 0 atom stereocenters. The number of rotatable bonds is 8. The minimum absolute atomic E-state index is 1.06. The lowest BCUT2D eigenvalue weighted by molar-refractivity contribution is -0.693. The van der Waals surface area contributed by atoms with Crippen LogP contribution in [-0.4, -0.2) is 64.5 Å². The molecular weight excluding hydrogens is 599 g/mol. The fraction of sp³-hybridized carbons (Fsp3) is 0.786. The van der Waals surface area contributed by atoms with E-state index >= 15 is 0 Å². The molecule has 37 heavy (non-hydrogen) atoms. The Balaban J connectivity index is 0.00000136. The predicted molar refractivity (Wildman–Crippen MR) is 81.7 cm³/mol. The van der Waals surface area contributed by atoms with Crippen molar-refractivity contribution in [1.29, 1.82) is 0 Å². The summed E-state index contributed by atoms with van der Waals surface area (Å²) in [5.41, 5.74) is 0. The van der Waals surface area contributed by atoms with E-state index in [2.05, 4.69) is 24.0 Å². The Hall–Kier alpha value is -2.07. The Labute approximate surface area is 194 Å². The van der Waals surface area contributed by atoms with Crippen LogP contribution in [0, 0.1) is 0 Å². The third-order valence-corrected chi connectivity index (χ3v) is 5.08. The minimum atomic E-state index is -8.92. The normalized spacial score (nSPS) is 15.4. The molecule has 0 radical (unpaired) electrons. The minimum Gasteiger partial charge on any atom is -0.743 e. The second-order valence-electron chi connectivity index (χ2n) is 6.82. The molecule has 5 nitrogen and oxygen atoms in total. The van der Waals surface area contributed by atoms with E-state index in [0.29, 0.717) is 0 Å². The third kappa shape index (κ3) is 5.28. The van der Waals surface area contributed by atoms with Crippen LogP contribution < -0.4 is 4.57 Å². The van der Waals surface area contributed by atoms with Crippen LogP contribution in [0.3, 0.4) is 0 Å². The van der Waals surface area contributed by atoms with E-state index in [1.807, 2.05) is 17.8 Å². The van der Waals surface area contributed by atoms with Gasteiger partial charge in [0.25, 0.3) is 0 Å². The van der Waals surface area contributed by atoms with Gasteiger partial charge >= 0.3 is 47.0 Å². The molecule has 0 spiro atoms. The van der Waals surface area contributed by atoms with Gasteiger partial charge in [-0.05, 0) is 6.92 Å². The summed E-state index contributed by atoms with van der Waals surface area (Å²) in [6.45, 7) is 3.18. The summed E-state index contributed by atoms with van der Waals surface area (Å²) in [7, 11) is -6.12. The van der Waals surface area contributed by atoms with E-state index < -0.39 is 57.1 Å². The molecule has 0 bridgehead atoms. The van der Waals surface area contributed by atoms with Crippen molar-refractivity contribution in [2.45, 2.75) is 60.4 Å². The highest BCUT2D eigenvalue weighted by atomic mass is 32.2. The van der Waals surface area contributed by atoms with Crippen molar-refractivity contribution in [3.05, 3.63) is 18.7 Å². The Kier molecular flexibility index (Phi) is 9.06. The molecule has 0 amide bonds. The van der Waals surface area contributed by atoms with Gasteiger partial charge in [-0.3, -0.25) is 0 Å². The lowest BCUT2D eigenvalue weighted by Gasteiger charge is -2.42. The largest absolute Gasteiger partial charge is 0.743 e. The standard InChI is InChI=1S/C8HF17O3S.C6H11N2/c9-1(10,3(13,14)5(17,18)7(21,22)23)2(11,12)4(15,16)6(19,20)8(24,25)29(26,27)28;1-3-8-5-4-7(2)6-8/h(H,26,27,28);4-6H,3H2,1-2H3/q;+1/p-1. The fourth-order valence-corrected chi connectivity index (χ4v) is 2.44. The molecule has 0 aliphatic carbocycles. The van der Waals surface area contributed by atoms with Crippen molar-refractivity contribution in [2.24, 2.45) is 7.05 Å². The van der Waals surface area contributed by atoms with Crippen molar-refractivity contribution < 1.29 is 92.2 Å². The smallest absolute Gasteiger partial charge is 0.460 e. The number of imidazole rings is 1. The first-order valence-corrected chi connectivity index (χ1v) is 9.91. The second kappa shape index (κ2) is 9.59. The second-order valence-corrected chi connectivity index (χ2v) is 8.25. The first-order valence-electron chi connectivity index (χ1n) is 8.50. The number of aryl methyl sites for hydroxylation is 2. The topological polar surface area (TPSA) is 66.0 Å². The summed E-state index contributed by atoms with van der Waals surface area (Å²) in [5.74, 6) is -52.1. The van der Waals surface area contributed by atoms with Crippen molar-refractivity contribution in [2.75, 3.05) is 0 Å². The number of alkyl halides is 17. The van der Waals surface area contributed by atoms with Crippen LogP contribution in [0.2, 0.25) is 0 Å². The van der Waals surface area contributed by atoms with Crippen LogP contribution in [0.5, 0.6) is 0 Å². The monoisotopic (exact) mass is 610 g/mol. The molecule has 1 heterocycles. The van der Waals surface area contributed by atoms with Crippen LogP contribution in [-0.2, 0) is 23.7 Å². The summed E-state index contributed by atoms with van der Waals surface area (Å²) in [6, 6.07) is 0. The molecule has 0 saturated carbocycles. The van der Waals surface area contributed by atoms with E-state index in [1.54, 1.807) is 0 Å². The zero-order valence-electron chi connectivity index (χ0n) is 17.4. The van der Waals surface area contributed by atoms with Gasteiger partial charge in [0.15, 0.2) is 10.1 Å². The number of nitrogens with zero attached hydrogens (tertiary/aromatic N) is 2.